The summed E-state index contributed by atoms with van der Waals surface area (Å²) in [6.07, 6.45) is 3.96. The molecule has 1 amide bonds. The Bertz CT molecular complexity index is 990. The topological polar surface area (TPSA) is 80.4 Å². The molecule has 8 heteroatoms. The second-order valence-corrected chi connectivity index (χ2v) is 7.54. The first-order valence-corrected chi connectivity index (χ1v) is 9.97. The molecule has 0 spiro atoms. The Morgan fingerprint density at radius 3 is 2.89 bits per heavy atom. The molecule has 0 aliphatic carbocycles. The van der Waals surface area contributed by atoms with Gasteiger partial charge in [0, 0.05) is 28.9 Å². The summed E-state index contributed by atoms with van der Waals surface area (Å²) in [5.74, 6) is 0.929. The molecule has 0 aliphatic heterocycles. The van der Waals surface area contributed by atoms with Crippen molar-refractivity contribution in [2.75, 3.05) is 5.32 Å². The molecule has 0 radical (unpaired) electrons. The highest BCUT2D eigenvalue weighted by atomic mass is 35.5. The molecule has 0 saturated heterocycles. The van der Waals surface area contributed by atoms with Crippen LogP contribution < -0.4 is 5.32 Å². The second kappa shape index (κ2) is 9.52. The van der Waals surface area contributed by atoms with Crippen molar-refractivity contribution in [2.45, 2.75) is 30.4 Å². The van der Waals surface area contributed by atoms with Gasteiger partial charge in [0.25, 0.3) is 0 Å². The van der Waals surface area contributed by atoms with Crippen LogP contribution in [0.5, 0.6) is 0 Å². The first-order valence-electron chi connectivity index (χ1n) is 8.71. The first-order chi connectivity index (χ1) is 13.6. The number of rotatable bonds is 7. The van der Waals surface area contributed by atoms with E-state index in [-0.39, 0.29) is 11.2 Å². The number of amides is 1. The summed E-state index contributed by atoms with van der Waals surface area (Å²) < 4.78 is 4.99. The number of hydrogen-bond donors (Lipinski definition) is 1. The van der Waals surface area contributed by atoms with Gasteiger partial charge in [0.1, 0.15) is 10.9 Å². The van der Waals surface area contributed by atoms with Gasteiger partial charge >= 0.3 is 0 Å². The van der Waals surface area contributed by atoms with E-state index in [2.05, 4.69) is 20.4 Å². The van der Waals surface area contributed by atoms with Crippen LogP contribution in [-0.2, 0) is 4.79 Å². The first kappa shape index (κ1) is 20.1. The number of hydrogen-bond acceptors (Lipinski definition) is 6. The highest BCUT2D eigenvalue weighted by Gasteiger charge is 2.20. The number of carbonyl (C=O) groups excluding carboxylic acids is 1. The second-order valence-electron chi connectivity index (χ2n) is 5.94. The Morgan fingerprint density at radius 1 is 1.36 bits per heavy atom. The van der Waals surface area contributed by atoms with Gasteiger partial charge in [0.05, 0.1) is 10.9 Å². The Hall–Kier alpha value is -2.64. The number of pyridine rings is 1. The fourth-order valence-electron chi connectivity index (χ4n) is 2.40. The van der Waals surface area contributed by atoms with Crippen LogP contribution in [0, 0.1) is 6.92 Å². The van der Waals surface area contributed by atoms with Gasteiger partial charge in [-0.05, 0) is 37.6 Å². The number of benzene rings is 1. The van der Waals surface area contributed by atoms with E-state index >= 15 is 0 Å². The summed E-state index contributed by atoms with van der Waals surface area (Å²) >= 11 is 7.54. The number of thioether (sulfide) groups is 1. The molecule has 1 atom stereocenters. The molecule has 2 heterocycles. The predicted octanol–water partition coefficient (Wildman–Crippen LogP) is 5.29. The molecule has 0 bridgehead atoms. The van der Waals surface area contributed by atoms with Crippen LogP contribution in [0.1, 0.15) is 24.7 Å². The summed E-state index contributed by atoms with van der Waals surface area (Å²) in [6, 6.07) is 13.0. The van der Waals surface area contributed by atoms with Crippen molar-refractivity contribution in [2.24, 2.45) is 4.99 Å². The number of para-hydroxylation sites is 1. The van der Waals surface area contributed by atoms with Gasteiger partial charge in [-0.3, -0.25) is 9.79 Å². The van der Waals surface area contributed by atoms with Crippen LogP contribution in [-0.4, -0.2) is 27.5 Å². The molecule has 6 nitrogen and oxygen atoms in total. The van der Waals surface area contributed by atoms with Gasteiger partial charge in [-0.15, -0.1) is 11.8 Å². The molecule has 0 aliphatic rings. The zero-order chi connectivity index (χ0) is 19.9. The zero-order valence-corrected chi connectivity index (χ0v) is 17.0. The number of carbonyl (C=O) groups is 1. The van der Waals surface area contributed by atoms with E-state index in [9.17, 15) is 4.79 Å². The third-order valence-corrected chi connectivity index (χ3v) is 5.55. The van der Waals surface area contributed by atoms with Gasteiger partial charge in [-0.25, -0.2) is 4.98 Å². The maximum atomic E-state index is 12.6. The monoisotopic (exact) mass is 414 g/mol. The van der Waals surface area contributed by atoms with Crippen LogP contribution in [0.25, 0.3) is 0 Å². The van der Waals surface area contributed by atoms with Gasteiger partial charge < -0.3 is 9.84 Å². The molecule has 3 aromatic rings. The van der Waals surface area contributed by atoms with Gasteiger partial charge in [0.2, 0.25) is 5.91 Å². The average molecular weight is 415 g/mol. The normalized spacial score (nSPS) is 12.2. The fourth-order valence-corrected chi connectivity index (χ4v) is 3.61. The lowest BCUT2D eigenvalue weighted by molar-refractivity contribution is -0.115. The van der Waals surface area contributed by atoms with E-state index < -0.39 is 0 Å². The largest absolute Gasteiger partial charge is 0.360 e. The lowest BCUT2D eigenvalue weighted by Gasteiger charge is -2.14. The number of halogens is 1. The van der Waals surface area contributed by atoms with Crippen molar-refractivity contribution in [3.05, 3.63) is 65.1 Å². The standard InChI is InChI=1S/C20H19ClN4O2S/c1-3-16(20(26)24-18-11-13(2)27-25-18)28-17-9-5-4-8-15(17)23-12-14-7-6-10-22-19(14)21/h4-12,16H,3H2,1-2H3,(H,24,25,26)/t16-/m1/s1. The lowest BCUT2D eigenvalue weighted by Crippen LogP contribution is -2.24. The minimum Gasteiger partial charge on any atom is -0.360 e. The molecule has 0 saturated carbocycles. The van der Waals surface area contributed by atoms with E-state index in [1.54, 1.807) is 31.5 Å². The van der Waals surface area contributed by atoms with Crippen molar-refractivity contribution in [3.63, 3.8) is 0 Å². The lowest BCUT2D eigenvalue weighted by atomic mass is 10.3. The summed E-state index contributed by atoms with van der Waals surface area (Å²) in [5.41, 5.74) is 1.49. The third-order valence-electron chi connectivity index (χ3n) is 3.81. The third kappa shape index (κ3) is 5.21. The number of aliphatic imine (C=N–C) groups is 1. The van der Waals surface area contributed by atoms with Crippen molar-refractivity contribution in [3.8, 4) is 0 Å². The van der Waals surface area contributed by atoms with E-state index in [1.807, 2.05) is 37.3 Å². The van der Waals surface area contributed by atoms with Gasteiger partial charge in [-0.1, -0.05) is 35.8 Å². The number of aryl methyl sites for hydroxylation is 1. The number of nitrogens with one attached hydrogen (secondary N) is 1. The van der Waals surface area contributed by atoms with Crippen molar-refractivity contribution in [1.82, 2.24) is 10.1 Å². The Morgan fingerprint density at radius 2 is 2.18 bits per heavy atom. The summed E-state index contributed by atoms with van der Waals surface area (Å²) in [6.45, 7) is 3.74. The van der Waals surface area contributed by atoms with Crippen molar-refractivity contribution < 1.29 is 9.32 Å². The van der Waals surface area contributed by atoms with E-state index in [0.717, 1.165) is 16.1 Å². The minimum absolute atomic E-state index is 0.130. The predicted molar refractivity (Wildman–Crippen MR) is 113 cm³/mol. The molecule has 1 aromatic carbocycles. The van der Waals surface area contributed by atoms with E-state index in [1.165, 1.54) is 11.8 Å². The highest BCUT2D eigenvalue weighted by molar-refractivity contribution is 8.00. The fraction of sp³-hybridized carbons (Fsp3) is 0.200. The molecule has 0 fully saturated rings. The number of anilines is 1. The van der Waals surface area contributed by atoms with E-state index in [0.29, 0.717) is 23.2 Å². The molecule has 28 heavy (non-hydrogen) atoms. The zero-order valence-electron chi connectivity index (χ0n) is 15.4. The Kier molecular flexibility index (Phi) is 6.84. The minimum atomic E-state index is -0.296. The summed E-state index contributed by atoms with van der Waals surface area (Å²) in [7, 11) is 0. The molecule has 1 N–H and O–H groups in total. The van der Waals surface area contributed by atoms with Crippen LogP contribution in [0.4, 0.5) is 11.5 Å². The molecule has 2 aromatic heterocycles. The number of nitrogens with zero attached hydrogens (tertiary/aromatic N) is 3. The van der Waals surface area contributed by atoms with Crippen LogP contribution in [0.3, 0.4) is 0 Å². The average Bonchev–Trinajstić information content (AvgIpc) is 3.10. The van der Waals surface area contributed by atoms with Gasteiger partial charge in [-0.2, -0.15) is 0 Å². The van der Waals surface area contributed by atoms with Crippen molar-refractivity contribution >= 4 is 47.0 Å². The molecule has 3 rings (SSSR count). The van der Waals surface area contributed by atoms with Gasteiger partial charge in [0.15, 0.2) is 5.82 Å². The molecule has 144 valence electrons. The maximum Gasteiger partial charge on any atom is 0.239 e. The van der Waals surface area contributed by atoms with Crippen LogP contribution in [0.2, 0.25) is 5.15 Å². The molecule has 0 unspecified atom stereocenters. The Labute approximate surface area is 172 Å². The molecular formula is C20H19ClN4O2S. The maximum absolute atomic E-state index is 12.6. The van der Waals surface area contributed by atoms with Crippen LogP contribution >= 0.6 is 23.4 Å². The highest BCUT2D eigenvalue weighted by Crippen LogP contribution is 2.34. The summed E-state index contributed by atoms with van der Waals surface area (Å²) in [4.78, 5) is 22.1. The summed E-state index contributed by atoms with van der Waals surface area (Å²) in [5, 5.41) is 6.70. The Balaban J connectivity index is 1.75. The van der Waals surface area contributed by atoms with Crippen LogP contribution in [0.15, 0.2) is 63.1 Å². The SMILES string of the molecule is CC[C@@H](Sc1ccccc1N=Cc1cccnc1Cl)C(=O)Nc1cc(C)on1. The smallest absolute Gasteiger partial charge is 0.239 e. The van der Waals surface area contributed by atoms with Crippen molar-refractivity contribution in [1.29, 1.82) is 0 Å². The number of aromatic nitrogens is 2. The van der Waals surface area contributed by atoms with E-state index in [4.69, 9.17) is 16.1 Å². The molecular weight excluding hydrogens is 396 g/mol. The quantitative estimate of drug-likeness (QED) is 0.322.